The molecule has 4 fully saturated rings. The van der Waals surface area contributed by atoms with Crippen LogP contribution in [0.25, 0.3) is 0 Å². The third kappa shape index (κ3) is 3.86. The molecule has 0 spiro atoms. The minimum absolute atomic E-state index is 0.0738. The van der Waals surface area contributed by atoms with E-state index in [9.17, 15) is 18.6 Å². The van der Waals surface area contributed by atoms with Gasteiger partial charge in [-0.25, -0.2) is 8.42 Å². The van der Waals surface area contributed by atoms with Crippen molar-refractivity contribution < 1.29 is 23.4 Å². The lowest BCUT2D eigenvalue weighted by atomic mass is 9.50. The number of hydrogen-bond acceptors (Lipinski definition) is 5. The van der Waals surface area contributed by atoms with Crippen molar-refractivity contribution in [2.75, 3.05) is 26.0 Å². The highest BCUT2D eigenvalue weighted by molar-refractivity contribution is 7.88. The van der Waals surface area contributed by atoms with Gasteiger partial charge in [0.05, 0.1) is 24.1 Å². The van der Waals surface area contributed by atoms with Crippen LogP contribution in [0.15, 0.2) is 23.3 Å². The molecule has 0 aromatic carbocycles. The number of aliphatic hydroxyl groups is 2. The molecule has 0 aromatic heterocycles. The normalized spacial score (nSPS) is 45.3. The highest BCUT2D eigenvalue weighted by Gasteiger charge is 2.62. The predicted octanol–water partition coefficient (Wildman–Crippen LogP) is 3.40. The fourth-order valence-corrected chi connectivity index (χ4v) is 8.86. The van der Waals surface area contributed by atoms with Gasteiger partial charge in [-0.05, 0) is 75.0 Å². The largest absolute Gasteiger partial charge is 0.393 e. The molecule has 0 aromatic rings. The Morgan fingerprint density at radius 1 is 1.09 bits per heavy atom. The first kappa shape index (κ1) is 24.0. The van der Waals surface area contributed by atoms with Crippen molar-refractivity contribution in [3.8, 4) is 0 Å². The average molecular weight is 480 g/mol. The van der Waals surface area contributed by atoms with Crippen molar-refractivity contribution in [1.29, 1.82) is 0 Å². The molecule has 2 N–H and O–H groups in total. The Kier molecular flexibility index (Phi) is 5.93. The van der Waals surface area contributed by atoms with Crippen molar-refractivity contribution in [2.45, 2.75) is 89.4 Å². The van der Waals surface area contributed by atoms with Crippen molar-refractivity contribution >= 4 is 10.0 Å². The van der Waals surface area contributed by atoms with Crippen LogP contribution in [-0.4, -0.2) is 66.7 Å². The molecule has 5 rings (SSSR count). The van der Waals surface area contributed by atoms with E-state index < -0.39 is 15.6 Å². The highest BCUT2D eigenvalue weighted by Crippen LogP contribution is 2.66. The number of ether oxygens (including phenoxy) is 1. The fraction of sp³-hybridized carbons (Fsp3) is 0.846. The van der Waals surface area contributed by atoms with Crippen molar-refractivity contribution in [1.82, 2.24) is 4.31 Å². The quantitative estimate of drug-likeness (QED) is 0.631. The topological polar surface area (TPSA) is 87.1 Å². The van der Waals surface area contributed by atoms with Gasteiger partial charge in [0.15, 0.2) is 0 Å². The average Bonchev–Trinajstić information content (AvgIpc) is 3.34. The summed E-state index contributed by atoms with van der Waals surface area (Å²) in [7, 11) is -3.45. The second-order valence-electron chi connectivity index (χ2n) is 12.0. The zero-order chi connectivity index (χ0) is 23.6. The van der Waals surface area contributed by atoms with E-state index in [1.807, 2.05) is 0 Å². The van der Waals surface area contributed by atoms with Crippen LogP contribution in [0.2, 0.25) is 0 Å². The molecular weight excluding hydrogens is 438 g/mol. The van der Waals surface area contributed by atoms with Gasteiger partial charge in [-0.3, -0.25) is 0 Å². The maximum atomic E-state index is 12.7. The van der Waals surface area contributed by atoms with E-state index in [-0.39, 0.29) is 35.5 Å². The molecule has 6 nitrogen and oxygen atoms in total. The second-order valence-corrected chi connectivity index (χ2v) is 14.0. The monoisotopic (exact) mass is 479 g/mol. The van der Waals surface area contributed by atoms with Gasteiger partial charge in [-0.1, -0.05) is 37.1 Å². The molecule has 4 aliphatic carbocycles. The van der Waals surface area contributed by atoms with E-state index >= 15 is 0 Å². The third-order valence-electron chi connectivity index (χ3n) is 10.2. The number of allylic oxidation sites excluding steroid dienone is 3. The summed E-state index contributed by atoms with van der Waals surface area (Å²) in [6.07, 6.45) is 13.4. The Hall–Kier alpha value is -0.730. The van der Waals surface area contributed by atoms with Crippen LogP contribution in [0.1, 0.15) is 71.6 Å². The van der Waals surface area contributed by atoms with Gasteiger partial charge in [0.2, 0.25) is 10.0 Å². The summed E-state index contributed by atoms with van der Waals surface area (Å²) in [5, 5.41) is 22.3. The molecule has 0 amide bonds. The SMILES string of the molecule is C[C@]12CC[C@H](O)CC1=CC=C1[C@@H]2CC[C@@]2(C)[C@H]1CC[C@@]2(O)CN(C[C@H]1CCCO1)S(C)(=O)=O. The van der Waals surface area contributed by atoms with E-state index in [1.54, 1.807) is 0 Å². The minimum Gasteiger partial charge on any atom is -0.393 e. The third-order valence-corrected chi connectivity index (χ3v) is 11.4. The van der Waals surface area contributed by atoms with Crippen LogP contribution in [0.4, 0.5) is 0 Å². The summed E-state index contributed by atoms with van der Waals surface area (Å²) in [5.74, 6) is 0.732. The van der Waals surface area contributed by atoms with Crippen LogP contribution >= 0.6 is 0 Å². The summed E-state index contributed by atoms with van der Waals surface area (Å²) in [6, 6.07) is 0. The number of sulfonamides is 1. The zero-order valence-electron chi connectivity index (χ0n) is 20.4. The summed E-state index contributed by atoms with van der Waals surface area (Å²) >= 11 is 0. The molecule has 0 bridgehead atoms. The van der Waals surface area contributed by atoms with Crippen LogP contribution < -0.4 is 0 Å². The van der Waals surface area contributed by atoms with Gasteiger partial charge in [-0.2, -0.15) is 4.31 Å². The van der Waals surface area contributed by atoms with Gasteiger partial charge < -0.3 is 14.9 Å². The molecule has 5 aliphatic rings. The Labute approximate surface area is 199 Å². The van der Waals surface area contributed by atoms with Crippen molar-refractivity contribution in [2.24, 2.45) is 22.7 Å². The van der Waals surface area contributed by atoms with Gasteiger partial charge in [-0.15, -0.1) is 0 Å². The van der Waals surface area contributed by atoms with E-state index in [0.717, 1.165) is 51.4 Å². The van der Waals surface area contributed by atoms with Crippen LogP contribution in [0.5, 0.6) is 0 Å². The minimum atomic E-state index is -3.45. The molecule has 3 saturated carbocycles. The standard InChI is InChI=1S/C26H41NO5S/c1-24-11-8-19(28)15-18(24)6-7-21-22(24)9-12-25(2)23(21)10-13-26(25,29)17-27(33(3,30)31)16-20-5-4-14-32-20/h6-7,19-20,22-23,28-29H,4-5,8-17H2,1-3H3/t19-,20+,22-,23-,24-,25-,26+/m0/s1. The molecular formula is C26H41NO5S. The Balaban J connectivity index is 1.42. The van der Waals surface area contributed by atoms with Crippen LogP contribution in [0, 0.1) is 22.7 Å². The van der Waals surface area contributed by atoms with Crippen LogP contribution in [0.3, 0.4) is 0 Å². The lowest BCUT2D eigenvalue weighted by molar-refractivity contribution is -0.0948. The molecule has 186 valence electrons. The number of rotatable bonds is 5. The molecule has 0 unspecified atom stereocenters. The fourth-order valence-electron chi connectivity index (χ4n) is 7.98. The van der Waals surface area contributed by atoms with Crippen molar-refractivity contribution in [3.05, 3.63) is 23.3 Å². The highest BCUT2D eigenvalue weighted by atomic mass is 32.2. The van der Waals surface area contributed by atoms with Crippen LogP contribution in [-0.2, 0) is 14.8 Å². The Bertz CT molecular complexity index is 954. The summed E-state index contributed by atoms with van der Waals surface area (Å²) < 4.78 is 32.6. The Morgan fingerprint density at radius 3 is 2.55 bits per heavy atom. The summed E-state index contributed by atoms with van der Waals surface area (Å²) in [5.41, 5.74) is 1.55. The van der Waals surface area contributed by atoms with Crippen molar-refractivity contribution in [3.63, 3.8) is 0 Å². The van der Waals surface area contributed by atoms with Gasteiger partial charge >= 0.3 is 0 Å². The lowest BCUT2D eigenvalue weighted by Crippen LogP contribution is -2.57. The molecule has 33 heavy (non-hydrogen) atoms. The number of hydrogen-bond donors (Lipinski definition) is 2. The second kappa shape index (κ2) is 8.16. The molecule has 1 saturated heterocycles. The maximum absolute atomic E-state index is 12.7. The first-order valence-electron chi connectivity index (χ1n) is 12.8. The lowest BCUT2D eigenvalue weighted by Gasteiger charge is -2.56. The Morgan fingerprint density at radius 2 is 1.85 bits per heavy atom. The molecule has 7 heteroatoms. The predicted molar refractivity (Wildman–Crippen MR) is 128 cm³/mol. The molecule has 7 atom stereocenters. The van der Waals surface area contributed by atoms with Gasteiger partial charge in [0.25, 0.3) is 0 Å². The van der Waals surface area contributed by atoms with E-state index in [2.05, 4.69) is 26.0 Å². The maximum Gasteiger partial charge on any atom is 0.211 e. The summed E-state index contributed by atoms with van der Waals surface area (Å²) in [6.45, 7) is 5.74. The van der Waals surface area contributed by atoms with E-state index in [1.165, 1.54) is 21.7 Å². The number of fused-ring (bicyclic) bond motifs is 5. The molecule has 0 radical (unpaired) electrons. The van der Waals surface area contributed by atoms with Gasteiger partial charge in [0.1, 0.15) is 0 Å². The number of nitrogens with zero attached hydrogens (tertiary/aromatic N) is 1. The summed E-state index contributed by atoms with van der Waals surface area (Å²) in [4.78, 5) is 0. The number of aliphatic hydroxyl groups excluding tert-OH is 1. The molecule has 1 aliphatic heterocycles. The van der Waals surface area contributed by atoms with E-state index in [4.69, 9.17) is 4.74 Å². The zero-order valence-corrected chi connectivity index (χ0v) is 21.2. The molecule has 1 heterocycles. The van der Waals surface area contributed by atoms with E-state index in [0.29, 0.717) is 25.5 Å². The van der Waals surface area contributed by atoms with Gasteiger partial charge in [0, 0.05) is 25.1 Å². The first-order chi connectivity index (χ1) is 15.5. The first-order valence-corrected chi connectivity index (χ1v) is 14.7. The smallest absolute Gasteiger partial charge is 0.211 e.